The Morgan fingerprint density at radius 2 is 2.28 bits per heavy atom. The second-order valence-electron chi connectivity index (χ2n) is 4.79. The van der Waals surface area contributed by atoms with Crippen LogP contribution >= 0.6 is 0 Å². The third-order valence-corrected chi connectivity index (χ3v) is 3.67. The van der Waals surface area contributed by atoms with Crippen LogP contribution in [0.25, 0.3) is 11.0 Å². The van der Waals surface area contributed by atoms with Crippen LogP contribution in [0, 0.1) is 12.7 Å². The number of halogens is 1. The molecule has 0 bridgehead atoms. The molecule has 0 atom stereocenters. The lowest BCUT2D eigenvalue weighted by Gasteiger charge is -2.27. The summed E-state index contributed by atoms with van der Waals surface area (Å²) in [5.41, 5.74) is 0.932. The number of carboxylic acid groups (broad SMARTS) is 1. The number of aryl methyl sites for hydroxylation is 1. The Hall–Kier alpha value is -1.91. The van der Waals surface area contributed by atoms with Crippen molar-refractivity contribution in [1.82, 2.24) is 9.55 Å². The van der Waals surface area contributed by atoms with Gasteiger partial charge in [0.15, 0.2) is 5.82 Å². The molecule has 2 heterocycles. The summed E-state index contributed by atoms with van der Waals surface area (Å²) in [7, 11) is 0. The zero-order valence-corrected chi connectivity index (χ0v) is 9.98. The van der Waals surface area contributed by atoms with Crippen LogP contribution in [0.1, 0.15) is 41.2 Å². The Balaban J connectivity index is 2.26. The molecule has 1 fully saturated rings. The molecule has 0 spiro atoms. The Morgan fingerprint density at radius 3 is 2.83 bits per heavy atom. The summed E-state index contributed by atoms with van der Waals surface area (Å²) in [6.45, 7) is 1.79. The van der Waals surface area contributed by atoms with Crippen LogP contribution in [-0.4, -0.2) is 20.6 Å². The highest BCUT2D eigenvalue weighted by Gasteiger charge is 2.25. The smallest absolute Gasteiger partial charge is 0.340 e. The summed E-state index contributed by atoms with van der Waals surface area (Å²) < 4.78 is 16.1. The average Bonchev–Trinajstić information content (AvgIpc) is 2.54. The van der Waals surface area contributed by atoms with E-state index < -0.39 is 11.8 Å². The highest BCUT2D eigenvalue weighted by atomic mass is 19.1. The normalized spacial score (nSPS) is 15.9. The highest BCUT2D eigenvalue weighted by molar-refractivity contribution is 5.93. The van der Waals surface area contributed by atoms with Crippen molar-refractivity contribution in [1.29, 1.82) is 0 Å². The Bertz CT molecular complexity index is 644. The van der Waals surface area contributed by atoms with E-state index in [4.69, 9.17) is 5.11 Å². The number of nitrogens with zero attached hydrogens (tertiary/aromatic N) is 2. The van der Waals surface area contributed by atoms with Crippen LogP contribution in [0.2, 0.25) is 0 Å². The van der Waals surface area contributed by atoms with Gasteiger partial charge in [0, 0.05) is 18.4 Å². The lowest BCUT2D eigenvalue weighted by Crippen LogP contribution is -2.16. The predicted octanol–water partition coefficient (Wildman–Crippen LogP) is 2.91. The molecule has 1 aliphatic carbocycles. The molecule has 0 aromatic carbocycles. The van der Waals surface area contributed by atoms with Crippen LogP contribution < -0.4 is 0 Å². The topological polar surface area (TPSA) is 55.1 Å². The molecule has 0 radical (unpaired) electrons. The van der Waals surface area contributed by atoms with E-state index in [1.807, 2.05) is 10.8 Å². The molecular weight excluding hydrogens is 235 g/mol. The van der Waals surface area contributed by atoms with Gasteiger partial charge < -0.3 is 9.67 Å². The van der Waals surface area contributed by atoms with E-state index in [9.17, 15) is 9.18 Å². The number of aromatic nitrogens is 2. The fourth-order valence-corrected chi connectivity index (χ4v) is 2.45. The van der Waals surface area contributed by atoms with Crippen molar-refractivity contribution in [3.05, 3.63) is 29.3 Å². The third-order valence-electron chi connectivity index (χ3n) is 3.67. The number of rotatable bonds is 2. The standard InChI is InChI=1S/C13H13FN2O2/c1-7-6-16(8-3-2-4-8)12-10(7)11(14)9(5-15-12)13(17)18/h5-6,8H,2-4H2,1H3,(H,17,18). The molecule has 1 saturated carbocycles. The minimum atomic E-state index is -1.28. The number of hydrogen-bond acceptors (Lipinski definition) is 2. The molecule has 0 amide bonds. The van der Waals surface area contributed by atoms with Crippen LogP contribution in [0.4, 0.5) is 4.39 Å². The second-order valence-corrected chi connectivity index (χ2v) is 4.79. The van der Waals surface area contributed by atoms with Crippen molar-refractivity contribution in [3.63, 3.8) is 0 Å². The SMILES string of the molecule is Cc1cn(C2CCC2)c2ncc(C(=O)O)c(F)c12. The van der Waals surface area contributed by atoms with Crippen LogP contribution in [0.5, 0.6) is 0 Å². The quantitative estimate of drug-likeness (QED) is 0.889. The molecule has 0 aliphatic heterocycles. The van der Waals surface area contributed by atoms with E-state index in [1.165, 1.54) is 6.42 Å². The van der Waals surface area contributed by atoms with Gasteiger partial charge in [0.05, 0.1) is 5.39 Å². The number of pyridine rings is 1. The molecule has 2 aromatic rings. The van der Waals surface area contributed by atoms with E-state index >= 15 is 0 Å². The number of hydrogen-bond donors (Lipinski definition) is 1. The van der Waals surface area contributed by atoms with Gasteiger partial charge in [-0.15, -0.1) is 0 Å². The Kier molecular flexibility index (Phi) is 2.36. The predicted molar refractivity (Wildman–Crippen MR) is 64.3 cm³/mol. The summed E-state index contributed by atoms with van der Waals surface area (Å²) in [6.07, 6.45) is 6.31. The molecule has 0 unspecified atom stereocenters. The minimum absolute atomic E-state index is 0.335. The first-order valence-electron chi connectivity index (χ1n) is 5.98. The monoisotopic (exact) mass is 248 g/mol. The van der Waals surface area contributed by atoms with E-state index in [-0.39, 0.29) is 5.56 Å². The van der Waals surface area contributed by atoms with Gasteiger partial charge >= 0.3 is 5.97 Å². The van der Waals surface area contributed by atoms with Crippen molar-refractivity contribution in [2.75, 3.05) is 0 Å². The summed E-state index contributed by atoms with van der Waals surface area (Å²) >= 11 is 0. The first-order valence-corrected chi connectivity index (χ1v) is 5.98. The van der Waals surface area contributed by atoms with Gasteiger partial charge in [0.25, 0.3) is 0 Å². The molecule has 0 saturated heterocycles. The molecule has 3 rings (SSSR count). The Labute approximate surface area is 103 Å². The maximum absolute atomic E-state index is 14.1. The number of carbonyl (C=O) groups is 1. The maximum Gasteiger partial charge on any atom is 0.340 e. The van der Waals surface area contributed by atoms with E-state index in [2.05, 4.69) is 4.98 Å². The zero-order chi connectivity index (χ0) is 12.9. The molecule has 1 N–H and O–H groups in total. The number of fused-ring (bicyclic) bond motifs is 1. The fourth-order valence-electron chi connectivity index (χ4n) is 2.45. The molecule has 5 heteroatoms. The third kappa shape index (κ3) is 1.43. The van der Waals surface area contributed by atoms with Crippen molar-refractivity contribution in [2.24, 2.45) is 0 Å². The van der Waals surface area contributed by atoms with Crippen molar-refractivity contribution >= 4 is 17.0 Å². The summed E-state index contributed by atoms with van der Waals surface area (Å²) in [5.74, 6) is -1.96. The minimum Gasteiger partial charge on any atom is -0.478 e. The summed E-state index contributed by atoms with van der Waals surface area (Å²) in [5, 5.41) is 9.24. The Morgan fingerprint density at radius 1 is 1.56 bits per heavy atom. The molecule has 94 valence electrons. The molecule has 4 nitrogen and oxygen atoms in total. The lowest BCUT2D eigenvalue weighted by atomic mass is 9.93. The van der Waals surface area contributed by atoms with Gasteiger partial charge in [0.1, 0.15) is 11.2 Å². The van der Waals surface area contributed by atoms with Gasteiger partial charge in [0.2, 0.25) is 0 Å². The second kappa shape index (κ2) is 3.80. The van der Waals surface area contributed by atoms with Crippen molar-refractivity contribution in [3.8, 4) is 0 Å². The molecule has 1 aliphatic rings. The molecule has 18 heavy (non-hydrogen) atoms. The van der Waals surface area contributed by atoms with E-state index in [1.54, 1.807) is 6.92 Å². The van der Waals surface area contributed by atoms with E-state index in [0.717, 1.165) is 24.6 Å². The summed E-state index contributed by atoms with van der Waals surface area (Å²) in [4.78, 5) is 15.0. The maximum atomic E-state index is 14.1. The van der Waals surface area contributed by atoms with Gasteiger partial charge in [-0.25, -0.2) is 14.2 Å². The van der Waals surface area contributed by atoms with Crippen LogP contribution in [0.15, 0.2) is 12.4 Å². The summed E-state index contributed by atoms with van der Waals surface area (Å²) in [6, 6.07) is 0.378. The largest absolute Gasteiger partial charge is 0.478 e. The molecule has 2 aromatic heterocycles. The number of carboxylic acids is 1. The van der Waals surface area contributed by atoms with Crippen LogP contribution in [-0.2, 0) is 0 Å². The fraction of sp³-hybridized carbons (Fsp3) is 0.385. The van der Waals surface area contributed by atoms with Crippen molar-refractivity contribution < 1.29 is 14.3 Å². The van der Waals surface area contributed by atoms with Gasteiger partial charge in [-0.3, -0.25) is 0 Å². The number of aromatic carboxylic acids is 1. The van der Waals surface area contributed by atoms with Crippen molar-refractivity contribution in [2.45, 2.75) is 32.2 Å². The lowest BCUT2D eigenvalue weighted by molar-refractivity contribution is 0.0692. The van der Waals surface area contributed by atoms with E-state index in [0.29, 0.717) is 17.1 Å². The average molecular weight is 248 g/mol. The van der Waals surface area contributed by atoms with Gasteiger partial charge in [-0.2, -0.15) is 0 Å². The highest BCUT2D eigenvalue weighted by Crippen LogP contribution is 2.36. The van der Waals surface area contributed by atoms with Crippen LogP contribution in [0.3, 0.4) is 0 Å². The van der Waals surface area contributed by atoms with Gasteiger partial charge in [-0.05, 0) is 31.7 Å². The first-order chi connectivity index (χ1) is 8.59. The first kappa shape index (κ1) is 11.2. The zero-order valence-electron chi connectivity index (χ0n) is 9.98. The van der Waals surface area contributed by atoms with Gasteiger partial charge in [-0.1, -0.05) is 0 Å². The molecular formula is C13H13FN2O2.